The maximum atomic E-state index is 11.7. The number of carboxylic acid groups (broad SMARTS) is 1. The Bertz CT molecular complexity index is 1470. The molecule has 256 valence electrons. The number of aliphatic carboxylic acids is 1. The molecule has 0 atom stereocenters. The van der Waals surface area contributed by atoms with Gasteiger partial charge in [0.15, 0.2) is 0 Å². The lowest BCUT2D eigenvalue weighted by Gasteiger charge is -2.04. The summed E-state index contributed by atoms with van der Waals surface area (Å²) >= 11 is 0. The largest absolute Gasteiger partial charge is 0.481 e. The monoisotopic (exact) mass is 654 g/mol. The van der Waals surface area contributed by atoms with Crippen LogP contribution in [0.15, 0.2) is 66.2 Å². The molecule has 0 radical (unpaired) electrons. The van der Waals surface area contributed by atoms with Gasteiger partial charge in [0.05, 0.1) is 26.2 Å². The molecule has 0 aliphatic heterocycles. The predicted molar refractivity (Wildman–Crippen MR) is 173 cm³/mol. The average Bonchev–Trinajstić information content (AvgIpc) is 3.84. The lowest BCUT2D eigenvalue weighted by Crippen LogP contribution is -2.24. The van der Waals surface area contributed by atoms with Crippen molar-refractivity contribution in [2.75, 3.05) is 0 Å². The molecule has 4 rings (SSSR count). The highest BCUT2D eigenvalue weighted by Gasteiger charge is 2.08. The summed E-state index contributed by atoms with van der Waals surface area (Å²) in [6.45, 7) is 9.03. The Morgan fingerprint density at radius 3 is 1.06 bits per heavy atom. The second-order valence-corrected chi connectivity index (χ2v) is 10.7. The van der Waals surface area contributed by atoms with Crippen LogP contribution in [0.4, 0.5) is 0 Å². The number of aryl methyl sites for hydroxylation is 4. The van der Waals surface area contributed by atoms with Gasteiger partial charge in [-0.15, -0.1) is 0 Å². The normalized spacial score (nSPS) is 10.2. The molecule has 13 nitrogen and oxygen atoms in total. The first-order valence-electron chi connectivity index (χ1n) is 15.4. The topological polar surface area (TPSA) is 203 Å². The van der Waals surface area contributed by atoms with E-state index >= 15 is 0 Å². The smallest absolute Gasteiger partial charge is 0.303 e. The molecule has 3 amide bonds. The molecular weight excluding hydrogens is 608 g/mol. The Hall–Kier alpha value is -5.04. The number of rotatable bonds is 15. The first-order valence-corrected chi connectivity index (χ1v) is 15.4. The van der Waals surface area contributed by atoms with E-state index in [4.69, 9.17) is 28.5 Å². The van der Waals surface area contributed by atoms with Gasteiger partial charge in [-0.2, -0.15) is 0 Å². The Labute approximate surface area is 274 Å². The summed E-state index contributed by atoms with van der Waals surface area (Å²) in [7, 11) is 0. The van der Waals surface area contributed by atoms with Gasteiger partial charge in [-0.3, -0.25) is 19.2 Å². The van der Waals surface area contributed by atoms with Crippen molar-refractivity contribution >= 4 is 23.7 Å². The van der Waals surface area contributed by atoms with E-state index in [9.17, 15) is 19.2 Å². The molecule has 0 saturated carbocycles. The van der Waals surface area contributed by atoms with E-state index in [1.807, 2.05) is 70.2 Å². The Balaban J connectivity index is 0.000000275. The van der Waals surface area contributed by atoms with Crippen molar-refractivity contribution in [2.45, 2.75) is 92.4 Å². The van der Waals surface area contributed by atoms with Gasteiger partial charge in [0.2, 0.25) is 17.7 Å². The minimum Gasteiger partial charge on any atom is -0.481 e. The molecule has 0 unspecified atom stereocenters. The standard InChI is InChI=1S/C17H22N2O4.C11H15NO4.C6H9NO/c1-12-6-8-14(22-12)10-18-16(20)4-3-5-17(21)19-11-15-9-7-13(2)23-15;1-8-5-6-9(16-8)7-12-10(13)3-2-4-11(14)15;1-5-2-3-6(4-7)8-5/h6-9H,3-5,10-11H2,1-2H3,(H,18,20)(H,19,21);5-6H,2-4,7H2,1H3,(H,12,13)(H,14,15);2-3H,4,7H2,1H3. The number of amides is 3. The number of carbonyl (C=O) groups excluding carboxylic acids is 3. The summed E-state index contributed by atoms with van der Waals surface area (Å²) in [6, 6.07) is 14.8. The van der Waals surface area contributed by atoms with E-state index < -0.39 is 5.97 Å². The van der Waals surface area contributed by atoms with Crippen LogP contribution in [0.2, 0.25) is 0 Å². The molecular formula is C34H46N4O9. The number of furan rings is 4. The van der Waals surface area contributed by atoms with E-state index in [2.05, 4.69) is 16.0 Å². The summed E-state index contributed by atoms with van der Waals surface area (Å²) in [5.74, 6) is 5.14. The number of hydrogen-bond donors (Lipinski definition) is 5. The van der Waals surface area contributed by atoms with E-state index in [-0.39, 0.29) is 30.6 Å². The number of hydrogen-bond acceptors (Lipinski definition) is 9. The molecule has 0 spiro atoms. The highest BCUT2D eigenvalue weighted by molar-refractivity contribution is 5.78. The van der Waals surface area contributed by atoms with E-state index in [0.29, 0.717) is 57.6 Å². The maximum absolute atomic E-state index is 11.7. The van der Waals surface area contributed by atoms with Crippen LogP contribution in [0.25, 0.3) is 0 Å². The summed E-state index contributed by atoms with van der Waals surface area (Å²) in [4.78, 5) is 44.8. The fourth-order valence-electron chi connectivity index (χ4n) is 3.97. The van der Waals surface area contributed by atoms with E-state index in [0.717, 1.165) is 40.3 Å². The zero-order chi connectivity index (χ0) is 34.6. The van der Waals surface area contributed by atoms with E-state index in [1.165, 1.54) is 0 Å². The summed E-state index contributed by atoms with van der Waals surface area (Å²) in [5.41, 5.74) is 5.27. The predicted octanol–water partition coefficient (Wildman–Crippen LogP) is 5.10. The van der Waals surface area contributed by atoms with Gasteiger partial charge in [0, 0.05) is 25.7 Å². The fourth-order valence-corrected chi connectivity index (χ4v) is 3.97. The van der Waals surface area contributed by atoms with Crippen LogP contribution in [-0.4, -0.2) is 28.8 Å². The Morgan fingerprint density at radius 1 is 0.532 bits per heavy atom. The molecule has 4 aromatic rings. The summed E-state index contributed by atoms with van der Waals surface area (Å²) in [6.07, 6.45) is 1.74. The SMILES string of the molecule is Cc1ccc(CN)o1.Cc1ccc(CNC(=O)CCCC(=O)NCc2ccc(C)o2)o1.Cc1ccc(CNC(=O)CCCC(=O)O)o1. The minimum absolute atomic E-state index is 0.0211. The van der Waals surface area contributed by atoms with Crippen LogP contribution in [0.1, 0.15) is 84.6 Å². The number of nitrogens with one attached hydrogen (secondary N) is 3. The second kappa shape index (κ2) is 20.9. The highest BCUT2D eigenvalue weighted by atomic mass is 16.4. The lowest BCUT2D eigenvalue weighted by atomic mass is 10.2. The van der Waals surface area contributed by atoms with Gasteiger partial charge in [-0.05, 0) is 89.1 Å². The molecule has 0 aliphatic carbocycles. The Kier molecular flexibility index (Phi) is 17.0. The van der Waals surface area contributed by atoms with Crippen molar-refractivity contribution < 1.29 is 42.0 Å². The van der Waals surface area contributed by atoms with Gasteiger partial charge < -0.3 is 44.5 Å². The first-order chi connectivity index (χ1) is 22.4. The number of nitrogens with two attached hydrogens (primary N) is 1. The molecule has 4 heterocycles. The van der Waals surface area contributed by atoms with Crippen LogP contribution < -0.4 is 21.7 Å². The quantitative estimate of drug-likeness (QED) is 0.115. The zero-order valence-corrected chi connectivity index (χ0v) is 27.5. The van der Waals surface area contributed by atoms with Crippen LogP contribution >= 0.6 is 0 Å². The van der Waals surface area contributed by atoms with Crippen LogP contribution in [0.5, 0.6) is 0 Å². The van der Waals surface area contributed by atoms with Crippen LogP contribution in [0, 0.1) is 27.7 Å². The van der Waals surface area contributed by atoms with Gasteiger partial charge in [-0.25, -0.2) is 0 Å². The second-order valence-electron chi connectivity index (χ2n) is 10.7. The summed E-state index contributed by atoms with van der Waals surface area (Å²) in [5, 5.41) is 16.6. The maximum Gasteiger partial charge on any atom is 0.303 e. The number of carbonyl (C=O) groups is 4. The van der Waals surface area contributed by atoms with Crippen molar-refractivity contribution in [1.29, 1.82) is 0 Å². The third-order valence-corrected chi connectivity index (χ3v) is 6.37. The molecule has 0 saturated heterocycles. The third-order valence-electron chi connectivity index (χ3n) is 6.37. The van der Waals surface area contributed by atoms with Gasteiger partial charge >= 0.3 is 5.97 Å². The highest BCUT2D eigenvalue weighted by Crippen LogP contribution is 2.08. The van der Waals surface area contributed by atoms with Crippen molar-refractivity contribution in [1.82, 2.24) is 16.0 Å². The molecule has 13 heteroatoms. The van der Waals surface area contributed by atoms with Crippen LogP contribution in [0.3, 0.4) is 0 Å². The van der Waals surface area contributed by atoms with Crippen LogP contribution in [-0.2, 0) is 45.4 Å². The molecule has 0 aliphatic rings. The third kappa shape index (κ3) is 17.3. The van der Waals surface area contributed by atoms with Crippen molar-refractivity contribution in [3.8, 4) is 0 Å². The van der Waals surface area contributed by atoms with Gasteiger partial charge in [0.25, 0.3) is 0 Å². The number of carboxylic acids is 1. The zero-order valence-electron chi connectivity index (χ0n) is 27.5. The molecule has 0 bridgehead atoms. The Morgan fingerprint density at radius 2 is 0.830 bits per heavy atom. The van der Waals surface area contributed by atoms with Crippen molar-refractivity contribution in [2.24, 2.45) is 5.73 Å². The molecule has 0 fully saturated rings. The fraction of sp³-hybridized carbons (Fsp3) is 0.412. The minimum atomic E-state index is -0.880. The molecule has 4 aromatic heterocycles. The van der Waals surface area contributed by atoms with Crippen molar-refractivity contribution in [3.63, 3.8) is 0 Å². The molecule has 47 heavy (non-hydrogen) atoms. The average molecular weight is 655 g/mol. The van der Waals surface area contributed by atoms with Crippen molar-refractivity contribution in [3.05, 3.63) is 94.6 Å². The molecule has 0 aromatic carbocycles. The van der Waals surface area contributed by atoms with Gasteiger partial charge in [-0.1, -0.05) is 0 Å². The lowest BCUT2D eigenvalue weighted by molar-refractivity contribution is -0.137. The van der Waals surface area contributed by atoms with E-state index in [1.54, 1.807) is 6.07 Å². The summed E-state index contributed by atoms with van der Waals surface area (Å²) < 4.78 is 21.1. The van der Waals surface area contributed by atoms with Gasteiger partial charge in [0.1, 0.15) is 46.1 Å². The molecule has 6 N–H and O–H groups in total. The first kappa shape index (κ1) is 38.1.